The predicted molar refractivity (Wildman–Crippen MR) is 52.7 cm³/mol. The summed E-state index contributed by atoms with van der Waals surface area (Å²) in [7, 11) is 3.14. The lowest BCUT2D eigenvalue weighted by Crippen LogP contribution is -2.36. The van der Waals surface area contributed by atoms with E-state index in [0.29, 0.717) is 0 Å². The Labute approximate surface area is 83.2 Å². The lowest BCUT2D eigenvalue weighted by molar-refractivity contribution is -0.171. The van der Waals surface area contributed by atoms with Gasteiger partial charge in [-0.2, -0.15) is 0 Å². The fourth-order valence-electron chi connectivity index (χ4n) is 1.79. The van der Waals surface area contributed by atoms with Gasteiger partial charge in [-0.05, 0) is 17.5 Å². The van der Waals surface area contributed by atoms with E-state index in [1.165, 1.54) is 17.7 Å². The molecule has 3 heteroatoms. The van der Waals surface area contributed by atoms with Crippen LogP contribution in [-0.4, -0.2) is 25.1 Å². The zero-order valence-electron chi connectivity index (χ0n) is 8.36. The Morgan fingerprint density at radius 3 is 2.86 bits per heavy atom. The zero-order chi connectivity index (χ0) is 10.1. The lowest BCUT2D eigenvalue weighted by atomic mass is 9.77. The number of fused-ring (bicyclic) bond motifs is 1. The van der Waals surface area contributed by atoms with Crippen molar-refractivity contribution in [2.45, 2.75) is 12.3 Å². The number of carbonyl (C=O) groups excluding carboxylic acids is 1. The standard InChI is InChI=1S/C11H13NO2/c1-12(14-2)11(13)10-7-8-5-3-4-6-9(8)10/h3-6,10H,7H2,1-2H3. The van der Waals surface area contributed by atoms with Crippen molar-refractivity contribution in [3.8, 4) is 0 Å². The van der Waals surface area contributed by atoms with E-state index in [1.807, 2.05) is 18.2 Å². The van der Waals surface area contributed by atoms with Gasteiger partial charge in [-0.1, -0.05) is 24.3 Å². The second-order valence-corrected chi connectivity index (χ2v) is 3.47. The molecule has 0 N–H and O–H groups in total. The molecule has 0 aromatic heterocycles. The molecule has 0 radical (unpaired) electrons. The van der Waals surface area contributed by atoms with Crippen LogP contribution in [0.3, 0.4) is 0 Å². The van der Waals surface area contributed by atoms with Gasteiger partial charge in [0, 0.05) is 7.05 Å². The molecule has 14 heavy (non-hydrogen) atoms. The van der Waals surface area contributed by atoms with E-state index in [9.17, 15) is 4.79 Å². The van der Waals surface area contributed by atoms with Crippen LogP contribution in [0.4, 0.5) is 0 Å². The summed E-state index contributed by atoms with van der Waals surface area (Å²) in [5.74, 6) is 0.0300. The Bertz CT molecular complexity index is 362. The zero-order valence-corrected chi connectivity index (χ0v) is 8.36. The number of amides is 1. The maximum absolute atomic E-state index is 11.7. The highest BCUT2D eigenvalue weighted by molar-refractivity contribution is 5.85. The molecule has 1 aromatic carbocycles. The van der Waals surface area contributed by atoms with Crippen molar-refractivity contribution in [3.63, 3.8) is 0 Å². The average molecular weight is 191 g/mol. The molecule has 0 bridgehead atoms. The first-order valence-electron chi connectivity index (χ1n) is 4.63. The molecule has 1 aliphatic carbocycles. The van der Waals surface area contributed by atoms with Crippen LogP contribution in [0.5, 0.6) is 0 Å². The van der Waals surface area contributed by atoms with Crippen LogP contribution >= 0.6 is 0 Å². The van der Waals surface area contributed by atoms with E-state index >= 15 is 0 Å². The molecule has 1 aromatic rings. The molecule has 0 fully saturated rings. The van der Waals surface area contributed by atoms with Crippen LogP contribution in [0, 0.1) is 0 Å². The maximum atomic E-state index is 11.7. The maximum Gasteiger partial charge on any atom is 0.253 e. The Morgan fingerprint density at radius 1 is 1.50 bits per heavy atom. The monoisotopic (exact) mass is 191 g/mol. The molecular weight excluding hydrogens is 178 g/mol. The van der Waals surface area contributed by atoms with E-state index in [-0.39, 0.29) is 11.8 Å². The van der Waals surface area contributed by atoms with E-state index in [2.05, 4.69) is 6.07 Å². The summed E-state index contributed by atoms with van der Waals surface area (Å²) < 4.78 is 0. The summed E-state index contributed by atoms with van der Waals surface area (Å²) in [5, 5.41) is 1.29. The minimum atomic E-state index is -0.00356. The van der Waals surface area contributed by atoms with Crippen LogP contribution in [0.2, 0.25) is 0 Å². The molecule has 0 saturated heterocycles. The van der Waals surface area contributed by atoms with Crippen molar-refractivity contribution in [1.82, 2.24) is 5.06 Å². The van der Waals surface area contributed by atoms with E-state index in [1.54, 1.807) is 7.05 Å². The molecule has 1 amide bonds. The smallest absolute Gasteiger partial charge is 0.253 e. The van der Waals surface area contributed by atoms with Crippen LogP contribution in [0.25, 0.3) is 0 Å². The second-order valence-electron chi connectivity index (χ2n) is 3.47. The first kappa shape index (κ1) is 9.21. The number of likely N-dealkylation sites (N-methyl/N-ethyl adjacent to an activating group) is 1. The summed E-state index contributed by atoms with van der Waals surface area (Å²) in [5.41, 5.74) is 2.41. The molecule has 0 saturated carbocycles. The van der Waals surface area contributed by atoms with Gasteiger partial charge in [-0.25, -0.2) is 5.06 Å². The SMILES string of the molecule is CON(C)C(=O)C1Cc2ccccc21. The van der Waals surface area contributed by atoms with Gasteiger partial charge in [-0.3, -0.25) is 9.63 Å². The van der Waals surface area contributed by atoms with Crippen molar-refractivity contribution in [3.05, 3.63) is 35.4 Å². The predicted octanol–water partition coefficient (Wildman–Crippen LogP) is 1.35. The van der Waals surface area contributed by atoms with Gasteiger partial charge in [0.15, 0.2) is 0 Å². The third-order valence-corrected chi connectivity index (χ3v) is 2.74. The van der Waals surface area contributed by atoms with Gasteiger partial charge >= 0.3 is 0 Å². The molecule has 74 valence electrons. The minimum Gasteiger partial charge on any atom is -0.275 e. The highest BCUT2D eigenvalue weighted by Crippen LogP contribution is 2.35. The van der Waals surface area contributed by atoms with Crippen LogP contribution < -0.4 is 0 Å². The summed E-state index contributed by atoms with van der Waals surface area (Å²) >= 11 is 0. The average Bonchev–Trinajstić information content (AvgIpc) is 2.18. The first-order chi connectivity index (χ1) is 6.74. The van der Waals surface area contributed by atoms with Crippen LogP contribution in [0.15, 0.2) is 24.3 Å². The molecule has 2 rings (SSSR count). The number of rotatable bonds is 2. The van der Waals surface area contributed by atoms with E-state index in [0.717, 1.165) is 12.0 Å². The van der Waals surface area contributed by atoms with Crippen molar-refractivity contribution in [1.29, 1.82) is 0 Å². The molecular formula is C11H13NO2. The Hall–Kier alpha value is -1.35. The van der Waals surface area contributed by atoms with Gasteiger partial charge in [0.1, 0.15) is 0 Å². The fraction of sp³-hybridized carbons (Fsp3) is 0.364. The highest BCUT2D eigenvalue weighted by atomic mass is 16.7. The van der Waals surface area contributed by atoms with Crippen molar-refractivity contribution in [2.75, 3.05) is 14.2 Å². The van der Waals surface area contributed by atoms with Gasteiger partial charge in [-0.15, -0.1) is 0 Å². The fourth-order valence-corrected chi connectivity index (χ4v) is 1.79. The number of hydroxylamine groups is 2. The van der Waals surface area contributed by atoms with E-state index in [4.69, 9.17) is 4.84 Å². The third kappa shape index (κ3) is 1.30. The van der Waals surface area contributed by atoms with Crippen LogP contribution in [0.1, 0.15) is 17.0 Å². The van der Waals surface area contributed by atoms with Gasteiger partial charge in [0.2, 0.25) is 0 Å². The summed E-state index contributed by atoms with van der Waals surface area (Å²) in [6.07, 6.45) is 0.836. The number of carbonyl (C=O) groups is 1. The largest absolute Gasteiger partial charge is 0.275 e. The molecule has 0 heterocycles. The second kappa shape index (κ2) is 3.42. The van der Waals surface area contributed by atoms with Gasteiger partial charge in [0.25, 0.3) is 5.91 Å². The normalized spacial score (nSPS) is 18.3. The third-order valence-electron chi connectivity index (χ3n) is 2.74. The first-order valence-corrected chi connectivity index (χ1v) is 4.63. The molecule has 0 aliphatic heterocycles. The molecule has 0 spiro atoms. The lowest BCUT2D eigenvalue weighted by Gasteiger charge is -2.31. The molecule has 1 atom stereocenters. The van der Waals surface area contributed by atoms with Crippen molar-refractivity contribution >= 4 is 5.91 Å². The van der Waals surface area contributed by atoms with E-state index < -0.39 is 0 Å². The topological polar surface area (TPSA) is 29.5 Å². The molecule has 1 aliphatic rings. The van der Waals surface area contributed by atoms with Crippen molar-refractivity contribution < 1.29 is 9.63 Å². The number of hydrogen-bond acceptors (Lipinski definition) is 2. The molecule has 3 nitrogen and oxygen atoms in total. The summed E-state index contributed by atoms with van der Waals surface area (Å²) in [6, 6.07) is 8.03. The Morgan fingerprint density at radius 2 is 2.21 bits per heavy atom. The summed E-state index contributed by atoms with van der Waals surface area (Å²) in [6.45, 7) is 0. The number of benzene rings is 1. The highest BCUT2D eigenvalue weighted by Gasteiger charge is 2.33. The Balaban J connectivity index is 2.15. The molecule has 1 unspecified atom stereocenters. The quantitative estimate of drug-likeness (QED) is 0.660. The van der Waals surface area contributed by atoms with Gasteiger partial charge < -0.3 is 0 Å². The minimum absolute atomic E-state index is 0.00356. The van der Waals surface area contributed by atoms with Gasteiger partial charge in [0.05, 0.1) is 13.0 Å². The number of nitrogens with zero attached hydrogens (tertiary/aromatic N) is 1. The van der Waals surface area contributed by atoms with Crippen molar-refractivity contribution in [2.24, 2.45) is 0 Å². The Kier molecular flexibility index (Phi) is 2.25. The van der Waals surface area contributed by atoms with Crippen LogP contribution in [-0.2, 0) is 16.1 Å². The number of hydrogen-bond donors (Lipinski definition) is 0. The summed E-state index contributed by atoms with van der Waals surface area (Å²) in [4.78, 5) is 16.6.